The Morgan fingerprint density at radius 3 is 2.47 bits per heavy atom. The predicted molar refractivity (Wildman–Crippen MR) is 70.3 cm³/mol. The Balaban J connectivity index is 3.22. The highest BCUT2D eigenvalue weighted by atomic mass is 32.2. The zero-order valence-corrected chi connectivity index (χ0v) is 11.6. The molecule has 0 amide bonds. The number of nitrogens with zero attached hydrogens (tertiary/aromatic N) is 1. The second-order valence-corrected chi connectivity index (χ2v) is 6.29. The molecule has 0 bridgehead atoms. The first-order valence-electron chi connectivity index (χ1n) is 5.64. The minimum atomic E-state index is -3.49. The zero-order chi connectivity index (χ0) is 13.2. The molecular weight excluding hydrogens is 236 g/mol. The van der Waals surface area contributed by atoms with Crippen molar-refractivity contribution in [1.29, 1.82) is 0 Å². The van der Waals surface area contributed by atoms with E-state index in [0.29, 0.717) is 5.69 Å². The standard InChI is InChI=1S/C12H20N2O2S/c1-5-10(3)14(4)17(15,16)12-7-6-9(2)8-11(12)13/h6-8,10H,5,13H2,1-4H3. The van der Waals surface area contributed by atoms with Crippen LogP contribution in [-0.4, -0.2) is 25.8 Å². The minimum absolute atomic E-state index is 0.0410. The van der Waals surface area contributed by atoms with E-state index < -0.39 is 10.0 Å². The van der Waals surface area contributed by atoms with Gasteiger partial charge >= 0.3 is 0 Å². The van der Waals surface area contributed by atoms with E-state index in [1.807, 2.05) is 20.8 Å². The summed E-state index contributed by atoms with van der Waals surface area (Å²) in [5.74, 6) is 0. The number of rotatable bonds is 4. The lowest BCUT2D eigenvalue weighted by Gasteiger charge is -2.23. The van der Waals surface area contributed by atoms with Crippen molar-refractivity contribution in [3.63, 3.8) is 0 Å². The fourth-order valence-electron chi connectivity index (χ4n) is 1.55. The van der Waals surface area contributed by atoms with E-state index in [1.54, 1.807) is 25.2 Å². The predicted octanol–water partition coefficient (Wildman–Crippen LogP) is 2.00. The third-order valence-corrected chi connectivity index (χ3v) is 5.08. The van der Waals surface area contributed by atoms with Gasteiger partial charge in [-0.25, -0.2) is 8.42 Å². The molecule has 0 aliphatic heterocycles. The maximum absolute atomic E-state index is 12.3. The number of aryl methyl sites for hydroxylation is 1. The van der Waals surface area contributed by atoms with E-state index in [2.05, 4.69) is 0 Å². The van der Waals surface area contributed by atoms with Gasteiger partial charge in [-0.15, -0.1) is 0 Å². The van der Waals surface area contributed by atoms with E-state index in [-0.39, 0.29) is 10.9 Å². The van der Waals surface area contributed by atoms with Crippen LogP contribution < -0.4 is 5.73 Å². The van der Waals surface area contributed by atoms with Crippen molar-refractivity contribution in [3.8, 4) is 0 Å². The van der Waals surface area contributed by atoms with Gasteiger partial charge in [0.25, 0.3) is 0 Å². The molecule has 1 rings (SSSR count). The molecule has 1 atom stereocenters. The summed E-state index contributed by atoms with van der Waals surface area (Å²) in [6.07, 6.45) is 0.765. The van der Waals surface area contributed by atoms with Crippen LogP contribution in [0, 0.1) is 6.92 Å². The van der Waals surface area contributed by atoms with Crippen molar-refractivity contribution >= 4 is 15.7 Å². The van der Waals surface area contributed by atoms with E-state index in [0.717, 1.165) is 12.0 Å². The first-order valence-corrected chi connectivity index (χ1v) is 7.08. The number of hydrogen-bond donors (Lipinski definition) is 1. The maximum atomic E-state index is 12.3. The highest BCUT2D eigenvalue weighted by molar-refractivity contribution is 7.89. The van der Waals surface area contributed by atoms with Gasteiger partial charge in [0.05, 0.1) is 5.69 Å². The van der Waals surface area contributed by atoms with E-state index in [9.17, 15) is 8.42 Å². The number of hydrogen-bond acceptors (Lipinski definition) is 3. The summed E-state index contributed by atoms with van der Waals surface area (Å²) < 4.78 is 26.0. The first kappa shape index (κ1) is 14.0. The SMILES string of the molecule is CCC(C)N(C)S(=O)(=O)c1ccc(C)cc1N. The Morgan fingerprint density at radius 1 is 1.41 bits per heavy atom. The van der Waals surface area contributed by atoms with Crippen LogP contribution in [0.5, 0.6) is 0 Å². The van der Waals surface area contributed by atoms with Crippen molar-refractivity contribution in [3.05, 3.63) is 23.8 Å². The van der Waals surface area contributed by atoms with Crippen molar-refractivity contribution in [2.45, 2.75) is 38.1 Å². The Hall–Kier alpha value is -1.07. The van der Waals surface area contributed by atoms with Gasteiger partial charge in [-0.2, -0.15) is 4.31 Å². The molecular formula is C12H20N2O2S. The molecule has 96 valence electrons. The largest absolute Gasteiger partial charge is 0.398 e. The lowest BCUT2D eigenvalue weighted by atomic mass is 10.2. The second-order valence-electron chi connectivity index (χ2n) is 4.32. The van der Waals surface area contributed by atoms with Crippen LogP contribution in [-0.2, 0) is 10.0 Å². The molecule has 0 aliphatic rings. The van der Waals surface area contributed by atoms with E-state index in [1.165, 1.54) is 4.31 Å². The second kappa shape index (κ2) is 5.06. The Morgan fingerprint density at radius 2 is 2.00 bits per heavy atom. The van der Waals surface area contributed by atoms with Crippen LogP contribution in [0.25, 0.3) is 0 Å². The van der Waals surface area contributed by atoms with E-state index >= 15 is 0 Å². The van der Waals surface area contributed by atoms with Gasteiger partial charge in [-0.3, -0.25) is 0 Å². The van der Waals surface area contributed by atoms with Crippen LogP contribution >= 0.6 is 0 Å². The fraction of sp³-hybridized carbons (Fsp3) is 0.500. The van der Waals surface area contributed by atoms with Crippen LogP contribution in [0.3, 0.4) is 0 Å². The Bertz CT molecular complexity index is 497. The lowest BCUT2D eigenvalue weighted by molar-refractivity contribution is 0.381. The van der Waals surface area contributed by atoms with Crippen LogP contribution in [0.4, 0.5) is 5.69 Å². The zero-order valence-electron chi connectivity index (χ0n) is 10.8. The molecule has 5 heteroatoms. The minimum Gasteiger partial charge on any atom is -0.398 e. The maximum Gasteiger partial charge on any atom is 0.245 e. The van der Waals surface area contributed by atoms with Crippen LogP contribution in [0.15, 0.2) is 23.1 Å². The summed E-state index contributed by atoms with van der Waals surface area (Å²) >= 11 is 0. The van der Waals surface area contributed by atoms with Gasteiger partial charge in [-0.1, -0.05) is 13.0 Å². The first-order chi connectivity index (χ1) is 7.80. The molecule has 1 unspecified atom stereocenters. The van der Waals surface area contributed by atoms with Gasteiger partial charge < -0.3 is 5.73 Å². The fourth-order valence-corrected chi connectivity index (χ4v) is 3.08. The van der Waals surface area contributed by atoms with Crippen LogP contribution in [0.2, 0.25) is 0 Å². The molecule has 0 aromatic heterocycles. The summed E-state index contributed by atoms with van der Waals surface area (Å²) in [5, 5.41) is 0. The smallest absolute Gasteiger partial charge is 0.245 e. The molecule has 2 N–H and O–H groups in total. The van der Waals surface area contributed by atoms with Crippen molar-refractivity contribution in [2.24, 2.45) is 0 Å². The molecule has 0 spiro atoms. The summed E-state index contributed by atoms with van der Waals surface area (Å²) in [4.78, 5) is 0.186. The monoisotopic (exact) mass is 256 g/mol. The number of sulfonamides is 1. The number of nitrogens with two attached hydrogens (primary N) is 1. The van der Waals surface area contributed by atoms with Crippen molar-refractivity contribution in [2.75, 3.05) is 12.8 Å². The van der Waals surface area contributed by atoms with Gasteiger partial charge in [0.2, 0.25) is 10.0 Å². The van der Waals surface area contributed by atoms with E-state index in [4.69, 9.17) is 5.73 Å². The number of anilines is 1. The molecule has 0 saturated carbocycles. The molecule has 0 fully saturated rings. The molecule has 4 nitrogen and oxygen atoms in total. The molecule has 0 aliphatic carbocycles. The third-order valence-electron chi connectivity index (χ3n) is 3.03. The summed E-state index contributed by atoms with van der Waals surface area (Å²) in [7, 11) is -1.90. The molecule has 17 heavy (non-hydrogen) atoms. The van der Waals surface area contributed by atoms with Crippen molar-refractivity contribution in [1.82, 2.24) is 4.31 Å². The number of nitrogen functional groups attached to an aromatic ring is 1. The number of benzene rings is 1. The molecule has 0 heterocycles. The Kier molecular flexibility index (Phi) is 4.16. The molecule has 0 saturated heterocycles. The van der Waals surface area contributed by atoms with Crippen LogP contribution in [0.1, 0.15) is 25.8 Å². The topological polar surface area (TPSA) is 63.4 Å². The highest BCUT2D eigenvalue weighted by Gasteiger charge is 2.26. The molecule has 1 aromatic rings. The summed E-state index contributed by atoms with van der Waals surface area (Å²) in [5.41, 5.74) is 7.04. The Labute approximate surface area is 103 Å². The average Bonchev–Trinajstić information content (AvgIpc) is 2.26. The van der Waals surface area contributed by atoms with Gasteiger partial charge in [0, 0.05) is 13.1 Å². The lowest BCUT2D eigenvalue weighted by Crippen LogP contribution is -2.35. The summed E-state index contributed by atoms with van der Waals surface area (Å²) in [6.45, 7) is 5.71. The molecule has 0 radical (unpaired) electrons. The highest BCUT2D eigenvalue weighted by Crippen LogP contribution is 2.24. The van der Waals surface area contributed by atoms with Gasteiger partial charge in [-0.05, 0) is 38.0 Å². The van der Waals surface area contributed by atoms with Gasteiger partial charge in [0.1, 0.15) is 4.90 Å². The quantitative estimate of drug-likeness (QED) is 0.838. The van der Waals surface area contributed by atoms with Gasteiger partial charge in [0.15, 0.2) is 0 Å². The normalized spacial score (nSPS) is 13.9. The average molecular weight is 256 g/mol. The third kappa shape index (κ3) is 2.79. The summed E-state index contributed by atoms with van der Waals surface area (Å²) in [6, 6.07) is 4.96. The van der Waals surface area contributed by atoms with Crippen molar-refractivity contribution < 1.29 is 8.42 Å². The molecule has 1 aromatic carbocycles.